The molecule has 0 heterocycles. The minimum atomic E-state index is 0. The van der Waals surface area contributed by atoms with E-state index in [1.807, 2.05) is 30.3 Å². The zero-order valence-corrected chi connectivity index (χ0v) is 4.87. The first-order valence-electron chi connectivity index (χ1n) is 2.45. The molecule has 0 radical (unpaired) electrons. The minimum absolute atomic E-state index is 0. The molecule has 0 aliphatic carbocycles. The summed E-state index contributed by atoms with van der Waals surface area (Å²) < 4.78 is 0. The van der Waals surface area contributed by atoms with Gasteiger partial charge in [0.25, 0.3) is 0 Å². The highest BCUT2D eigenvalue weighted by molar-refractivity contribution is 5.30. The van der Waals surface area contributed by atoms with Crippen LogP contribution in [0, 0.1) is 12.3 Å². The number of hydrogen-bond donors (Lipinski definition) is 0. The Labute approximate surface area is 53.9 Å². The van der Waals surface area contributed by atoms with E-state index in [1.54, 1.807) is 0 Å². The van der Waals surface area contributed by atoms with E-state index in [2.05, 4.69) is 5.92 Å². The lowest BCUT2D eigenvalue weighted by Crippen LogP contribution is -1.66. The van der Waals surface area contributed by atoms with Gasteiger partial charge in [-0.2, -0.15) is 0 Å². The van der Waals surface area contributed by atoms with E-state index in [9.17, 15) is 0 Å². The molecule has 0 aliphatic heterocycles. The van der Waals surface area contributed by atoms with Crippen LogP contribution in [0.3, 0.4) is 0 Å². The summed E-state index contributed by atoms with van der Waals surface area (Å²) in [4.78, 5) is 0. The van der Waals surface area contributed by atoms with Crippen molar-refractivity contribution in [3.8, 4) is 12.3 Å². The molecule has 0 bridgehead atoms. The van der Waals surface area contributed by atoms with Gasteiger partial charge in [0.05, 0.1) is 0 Å². The lowest BCUT2D eigenvalue weighted by Gasteiger charge is -1.82. The molecule has 0 saturated heterocycles. The zero-order valence-electron chi connectivity index (χ0n) is 4.87. The third-order valence-corrected chi connectivity index (χ3v) is 0.940. The number of rotatable bonds is 0. The van der Waals surface area contributed by atoms with Gasteiger partial charge in [-0.05, 0) is 12.1 Å². The van der Waals surface area contributed by atoms with Crippen LogP contribution in [0.4, 0.5) is 4.70 Å². The van der Waals surface area contributed by atoms with Crippen LogP contribution in [0.2, 0.25) is 0 Å². The van der Waals surface area contributed by atoms with Crippen LogP contribution in [-0.4, -0.2) is 0 Å². The Hall–Kier alpha value is -1.29. The van der Waals surface area contributed by atoms with Gasteiger partial charge in [-0.25, -0.2) is 0 Å². The molecule has 0 aromatic heterocycles. The van der Waals surface area contributed by atoms with E-state index in [-0.39, 0.29) is 4.70 Å². The van der Waals surface area contributed by atoms with Crippen molar-refractivity contribution in [1.29, 1.82) is 0 Å². The maximum Gasteiger partial charge on any atom is 0.0242 e. The van der Waals surface area contributed by atoms with Crippen LogP contribution in [-0.2, 0) is 0 Å². The Morgan fingerprint density at radius 2 is 1.67 bits per heavy atom. The predicted molar refractivity (Wildman–Crippen MR) is 36.9 cm³/mol. The van der Waals surface area contributed by atoms with Gasteiger partial charge in [0.2, 0.25) is 0 Å². The van der Waals surface area contributed by atoms with Gasteiger partial charge in [0, 0.05) is 5.56 Å². The van der Waals surface area contributed by atoms with Gasteiger partial charge in [0.15, 0.2) is 0 Å². The molecule has 0 fully saturated rings. The molecule has 0 N–H and O–H groups in total. The minimum Gasteiger partial charge on any atom is -0.269 e. The third-order valence-electron chi connectivity index (χ3n) is 0.940. The molecule has 0 saturated carbocycles. The monoisotopic (exact) mass is 122 g/mol. The summed E-state index contributed by atoms with van der Waals surface area (Å²) in [5.74, 6) is 2.53. The first-order chi connectivity index (χ1) is 3.93. The molecule has 0 aliphatic rings. The summed E-state index contributed by atoms with van der Waals surface area (Å²) >= 11 is 0. The second kappa shape index (κ2) is 3.68. The summed E-state index contributed by atoms with van der Waals surface area (Å²) in [5, 5.41) is 0. The van der Waals surface area contributed by atoms with E-state index >= 15 is 0 Å². The number of hydrogen-bond acceptors (Lipinski definition) is 0. The molecule has 9 heavy (non-hydrogen) atoms. The lowest BCUT2D eigenvalue weighted by atomic mass is 10.2. The molecule has 46 valence electrons. The quantitative estimate of drug-likeness (QED) is 0.460. The first-order valence-corrected chi connectivity index (χ1v) is 2.45. The van der Waals surface area contributed by atoms with Crippen LogP contribution in [0.25, 0.3) is 0 Å². The van der Waals surface area contributed by atoms with Crippen LogP contribution >= 0.6 is 0 Å². The summed E-state index contributed by atoms with van der Waals surface area (Å²) in [5.41, 5.74) is 0.938. The highest BCUT2D eigenvalue weighted by atomic mass is 19.0. The molecule has 0 spiro atoms. The van der Waals surface area contributed by atoms with Gasteiger partial charge in [0.1, 0.15) is 0 Å². The fourth-order valence-electron chi connectivity index (χ4n) is 0.534. The van der Waals surface area contributed by atoms with Crippen LogP contribution < -0.4 is 0 Å². The molecule has 1 heteroatoms. The predicted octanol–water partition coefficient (Wildman–Crippen LogP) is 1.82. The van der Waals surface area contributed by atoms with Gasteiger partial charge in [-0.15, -0.1) is 6.42 Å². The lowest BCUT2D eigenvalue weighted by molar-refractivity contribution is 1.11. The zero-order chi connectivity index (χ0) is 5.82. The molecule has 0 unspecified atom stereocenters. The number of benzene rings is 1. The highest BCUT2D eigenvalue weighted by Crippen LogP contribution is 1.92. The Balaban J connectivity index is 0.000000640. The SMILES string of the molecule is C#Cc1ccccc1.F. The van der Waals surface area contributed by atoms with Crippen molar-refractivity contribution in [1.82, 2.24) is 0 Å². The van der Waals surface area contributed by atoms with Gasteiger partial charge in [-0.1, -0.05) is 24.1 Å². The fraction of sp³-hybridized carbons (Fsp3) is 0. The molecule has 0 atom stereocenters. The molecule has 1 aromatic rings. The number of halogens is 1. The average Bonchev–Trinajstić information content (AvgIpc) is 1.90. The smallest absolute Gasteiger partial charge is 0.0242 e. The van der Waals surface area contributed by atoms with Gasteiger partial charge >= 0.3 is 0 Å². The highest BCUT2D eigenvalue weighted by Gasteiger charge is 1.76. The van der Waals surface area contributed by atoms with Crippen LogP contribution in [0.5, 0.6) is 0 Å². The van der Waals surface area contributed by atoms with Gasteiger partial charge in [-0.3, -0.25) is 4.70 Å². The largest absolute Gasteiger partial charge is 0.269 e. The third kappa shape index (κ3) is 1.96. The van der Waals surface area contributed by atoms with E-state index in [4.69, 9.17) is 6.42 Å². The summed E-state index contributed by atoms with van der Waals surface area (Å²) in [6, 6.07) is 9.60. The maximum atomic E-state index is 5.10. The van der Waals surface area contributed by atoms with Crippen LogP contribution in [0.15, 0.2) is 30.3 Å². The van der Waals surface area contributed by atoms with E-state index in [1.165, 1.54) is 0 Å². The molecular weight excluding hydrogens is 115 g/mol. The molecule has 0 amide bonds. The summed E-state index contributed by atoms with van der Waals surface area (Å²) in [7, 11) is 0. The van der Waals surface area contributed by atoms with Crippen molar-refractivity contribution in [2.75, 3.05) is 0 Å². The molecule has 1 rings (SSSR count). The van der Waals surface area contributed by atoms with Gasteiger partial charge < -0.3 is 0 Å². The first kappa shape index (κ1) is 7.71. The fourth-order valence-corrected chi connectivity index (χ4v) is 0.534. The summed E-state index contributed by atoms with van der Waals surface area (Å²) in [6.07, 6.45) is 5.10. The van der Waals surface area contributed by atoms with Crippen LogP contribution in [0.1, 0.15) is 5.56 Å². The topological polar surface area (TPSA) is 0 Å². The Morgan fingerprint density at radius 1 is 1.11 bits per heavy atom. The standard InChI is InChI=1S/C8H6.FH/c1-2-8-6-4-3-5-7-8;/h1,3-7H;1H. The van der Waals surface area contributed by atoms with E-state index in [0.29, 0.717) is 0 Å². The Morgan fingerprint density at radius 3 is 2.00 bits per heavy atom. The Bertz CT molecular complexity index is 196. The molecule has 0 nitrogen and oxygen atoms in total. The van der Waals surface area contributed by atoms with Crippen molar-refractivity contribution in [2.45, 2.75) is 0 Å². The average molecular weight is 122 g/mol. The van der Waals surface area contributed by atoms with E-state index < -0.39 is 0 Å². The molecule has 1 aromatic carbocycles. The van der Waals surface area contributed by atoms with Crippen molar-refractivity contribution >= 4 is 0 Å². The second-order valence-electron chi connectivity index (χ2n) is 1.51. The number of terminal acetylenes is 1. The Kier molecular flexibility index (Phi) is 3.15. The van der Waals surface area contributed by atoms with Crippen molar-refractivity contribution in [3.63, 3.8) is 0 Å². The molecular formula is C8H7F. The van der Waals surface area contributed by atoms with Crippen molar-refractivity contribution in [3.05, 3.63) is 35.9 Å². The van der Waals surface area contributed by atoms with Crippen molar-refractivity contribution in [2.24, 2.45) is 0 Å². The second-order valence-corrected chi connectivity index (χ2v) is 1.51. The van der Waals surface area contributed by atoms with E-state index in [0.717, 1.165) is 5.56 Å². The summed E-state index contributed by atoms with van der Waals surface area (Å²) in [6.45, 7) is 0. The normalized spacial score (nSPS) is 7.00. The maximum absolute atomic E-state index is 5.10. The van der Waals surface area contributed by atoms with Crippen molar-refractivity contribution < 1.29 is 4.70 Å².